The molecular weight excluding hydrogens is 180 g/mol. The Morgan fingerprint density at radius 1 is 1.23 bits per heavy atom. The molecule has 0 rings (SSSR count). The SMILES string of the molecule is COCC(COC(N)=O)OC(N)=O. The maximum atomic E-state index is 10.3. The summed E-state index contributed by atoms with van der Waals surface area (Å²) in [7, 11) is 1.40. The fourth-order valence-corrected chi connectivity index (χ4v) is 0.641. The number of primary amides is 2. The molecule has 13 heavy (non-hydrogen) atoms. The molecule has 2 amide bonds. The van der Waals surface area contributed by atoms with Crippen LogP contribution in [0.5, 0.6) is 0 Å². The summed E-state index contributed by atoms with van der Waals surface area (Å²) in [6.45, 7) is -0.0949. The zero-order valence-corrected chi connectivity index (χ0v) is 7.19. The van der Waals surface area contributed by atoms with Gasteiger partial charge in [0, 0.05) is 7.11 Å². The summed E-state index contributed by atoms with van der Waals surface area (Å²) in [5, 5.41) is 0. The van der Waals surface area contributed by atoms with Crippen LogP contribution in [0, 0.1) is 0 Å². The molecule has 0 saturated carbocycles. The molecule has 7 heteroatoms. The van der Waals surface area contributed by atoms with E-state index < -0.39 is 18.3 Å². The minimum atomic E-state index is -0.963. The van der Waals surface area contributed by atoms with Crippen molar-refractivity contribution in [2.24, 2.45) is 11.5 Å². The molecule has 0 aromatic rings. The van der Waals surface area contributed by atoms with Crippen molar-refractivity contribution in [2.45, 2.75) is 6.10 Å². The zero-order chi connectivity index (χ0) is 10.3. The molecule has 1 atom stereocenters. The van der Waals surface area contributed by atoms with Gasteiger partial charge in [-0.25, -0.2) is 9.59 Å². The van der Waals surface area contributed by atoms with Crippen molar-refractivity contribution in [1.82, 2.24) is 0 Å². The van der Waals surface area contributed by atoms with E-state index in [1.54, 1.807) is 0 Å². The third kappa shape index (κ3) is 6.88. The van der Waals surface area contributed by atoms with Crippen LogP contribution in [0.4, 0.5) is 9.59 Å². The Balaban J connectivity index is 3.79. The lowest BCUT2D eigenvalue weighted by Gasteiger charge is -2.14. The summed E-state index contributed by atoms with van der Waals surface area (Å²) in [6, 6.07) is 0. The Morgan fingerprint density at radius 3 is 2.23 bits per heavy atom. The smallest absolute Gasteiger partial charge is 0.404 e. The van der Waals surface area contributed by atoms with Crippen molar-refractivity contribution in [2.75, 3.05) is 20.3 Å². The summed E-state index contributed by atoms with van der Waals surface area (Å²) in [5.41, 5.74) is 9.44. The van der Waals surface area contributed by atoms with E-state index >= 15 is 0 Å². The molecule has 1 unspecified atom stereocenters. The second kappa shape index (κ2) is 6.06. The van der Waals surface area contributed by atoms with Crippen LogP contribution < -0.4 is 11.5 Å². The molecule has 0 fully saturated rings. The van der Waals surface area contributed by atoms with Crippen LogP contribution in [0.3, 0.4) is 0 Å². The number of carbonyl (C=O) groups is 2. The van der Waals surface area contributed by atoms with Crippen LogP contribution in [-0.4, -0.2) is 38.6 Å². The second-order valence-electron chi connectivity index (χ2n) is 2.14. The molecule has 0 heterocycles. The highest BCUT2D eigenvalue weighted by molar-refractivity contribution is 5.65. The van der Waals surface area contributed by atoms with E-state index in [1.807, 2.05) is 0 Å². The van der Waals surface area contributed by atoms with Gasteiger partial charge < -0.3 is 25.7 Å². The zero-order valence-electron chi connectivity index (χ0n) is 7.19. The van der Waals surface area contributed by atoms with Crippen molar-refractivity contribution in [1.29, 1.82) is 0 Å². The molecule has 0 aromatic heterocycles. The number of carbonyl (C=O) groups excluding carboxylic acids is 2. The molecule has 7 nitrogen and oxygen atoms in total. The number of hydrogen-bond acceptors (Lipinski definition) is 5. The number of methoxy groups -OCH3 is 1. The summed E-state index contributed by atoms with van der Waals surface area (Å²) in [4.78, 5) is 20.5. The quantitative estimate of drug-likeness (QED) is 0.591. The predicted octanol–water partition coefficient (Wildman–Crippen LogP) is -0.808. The Bertz CT molecular complexity index is 184. The van der Waals surface area contributed by atoms with Crippen molar-refractivity contribution in [3.05, 3.63) is 0 Å². The van der Waals surface area contributed by atoms with Gasteiger partial charge in [0.05, 0.1) is 6.61 Å². The molecule has 4 N–H and O–H groups in total. The largest absolute Gasteiger partial charge is 0.446 e. The van der Waals surface area contributed by atoms with Crippen LogP contribution in [0.2, 0.25) is 0 Å². The maximum Gasteiger partial charge on any atom is 0.404 e. The fraction of sp³-hybridized carbons (Fsp3) is 0.667. The Kier molecular flexibility index (Phi) is 5.37. The topological polar surface area (TPSA) is 114 Å². The minimum absolute atomic E-state index is 0.0796. The molecule has 0 aliphatic heterocycles. The minimum Gasteiger partial charge on any atom is -0.446 e. The Labute approximate surface area is 74.9 Å². The Hall–Kier alpha value is -1.50. The molecule has 0 radical (unpaired) electrons. The molecule has 0 aliphatic rings. The van der Waals surface area contributed by atoms with Gasteiger partial charge in [-0.1, -0.05) is 0 Å². The molecule has 0 spiro atoms. The van der Waals surface area contributed by atoms with Gasteiger partial charge >= 0.3 is 12.2 Å². The number of rotatable bonds is 5. The molecule has 0 aliphatic carbocycles. The number of ether oxygens (including phenoxy) is 3. The first-order valence-electron chi connectivity index (χ1n) is 3.43. The fourth-order valence-electron chi connectivity index (χ4n) is 0.641. The first-order valence-corrected chi connectivity index (χ1v) is 3.43. The van der Waals surface area contributed by atoms with E-state index in [-0.39, 0.29) is 13.2 Å². The highest BCUT2D eigenvalue weighted by Gasteiger charge is 2.13. The first kappa shape index (κ1) is 11.5. The lowest BCUT2D eigenvalue weighted by Crippen LogP contribution is -2.32. The van der Waals surface area contributed by atoms with E-state index in [4.69, 9.17) is 11.5 Å². The second-order valence-corrected chi connectivity index (χ2v) is 2.14. The summed E-state index contributed by atoms with van der Waals surface area (Å²) < 4.78 is 13.6. The average Bonchev–Trinajstić information content (AvgIpc) is 1.99. The molecule has 0 aromatic carbocycles. The van der Waals surface area contributed by atoms with Gasteiger partial charge in [0.1, 0.15) is 6.61 Å². The third-order valence-corrected chi connectivity index (χ3v) is 1.05. The number of hydrogen-bond donors (Lipinski definition) is 2. The van der Waals surface area contributed by atoms with E-state index in [0.717, 1.165) is 0 Å². The van der Waals surface area contributed by atoms with E-state index in [2.05, 4.69) is 14.2 Å². The molecule has 0 bridgehead atoms. The van der Waals surface area contributed by atoms with Crippen LogP contribution in [0.25, 0.3) is 0 Å². The monoisotopic (exact) mass is 192 g/mol. The van der Waals surface area contributed by atoms with Gasteiger partial charge in [0.25, 0.3) is 0 Å². The van der Waals surface area contributed by atoms with Crippen molar-refractivity contribution in [3.8, 4) is 0 Å². The van der Waals surface area contributed by atoms with Gasteiger partial charge in [-0.3, -0.25) is 0 Å². The van der Waals surface area contributed by atoms with E-state index in [1.165, 1.54) is 7.11 Å². The van der Waals surface area contributed by atoms with Gasteiger partial charge in [-0.15, -0.1) is 0 Å². The van der Waals surface area contributed by atoms with Gasteiger partial charge in [-0.2, -0.15) is 0 Å². The lowest BCUT2D eigenvalue weighted by molar-refractivity contribution is 0.00642. The van der Waals surface area contributed by atoms with Crippen LogP contribution in [-0.2, 0) is 14.2 Å². The van der Waals surface area contributed by atoms with Crippen molar-refractivity contribution in [3.63, 3.8) is 0 Å². The average molecular weight is 192 g/mol. The maximum absolute atomic E-state index is 10.3. The van der Waals surface area contributed by atoms with E-state index in [9.17, 15) is 9.59 Å². The molecule has 76 valence electrons. The third-order valence-electron chi connectivity index (χ3n) is 1.05. The van der Waals surface area contributed by atoms with Crippen molar-refractivity contribution < 1.29 is 23.8 Å². The van der Waals surface area contributed by atoms with Crippen LogP contribution in [0.15, 0.2) is 0 Å². The van der Waals surface area contributed by atoms with Crippen LogP contribution in [0.1, 0.15) is 0 Å². The van der Waals surface area contributed by atoms with Crippen LogP contribution >= 0.6 is 0 Å². The lowest BCUT2D eigenvalue weighted by atomic mass is 10.4. The molecule has 0 saturated heterocycles. The van der Waals surface area contributed by atoms with Crippen molar-refractivity contribution >= 4 is 12.2 Å². The highest BCUT2D eigenvalue weighted by Crippen LogP contribution is 1.94. The number of amides is 2. The Morgan fingerprint density at radius 2 is 1.85 bits per heavy atom. The van der Waals surface area contributed by atoms with E-state index in [0.29, 0.717) is 0 Å². The molecular formula is C6H12N2O5. The van der Waals surface area contributed by atoms with Gasteiger partial charge in [0.2, 0.25) is 0 Å². The first-order chi connectivity index (χ1) is 6.06. The summed E-state index contributed by atoms with van der Waals surface area (Å²) in [5.74, 6) is 0. The standard InChI is InChI=1S/C6H12N2O5/c1-11-2-4(13-6(8)10)3-12-5(7)9/h4H,2-3H2,1H3,(H2,7,9)(H2,8,10). The summed E-state index contributed by atoms with van der Waals surface area (Å²) >= 11 is 0. The normalized spacial score (nSPS) is 11.8. The van der Waals surface area contributed by atoms with Gasteiger partial charge in [-0.05, 0) is 0 Å². The highest BCUT2D eigenvalue weighted by atomic mass is 16.6. The predicted molar refractivity (Wildman–Crippen MR) is 41.9 cm³/mol. The number of nitrogens with two attached hydrogens (primary N) is 2. The summed E-state index contributed by atoms with van der Waals surface area (Å²) in [6.07, 6.45) is -2.64. The van der Waals surface area contributed by atoms with Gasteiger partial charge in [0.15, 0.2) is 6.10 Å².